The van der Waals surface area contributed by atoms with Crippen LogP contribution in [0.5, 0.6) is 0 Å². The third-order valence-electron chi connectivity index (χ3n) is 4.57. The average molecular weight is 298 g/mol. The van der Waals surface area contributed by atoms with Crippen LogP contribution in [0.15, 0.2) is 36.7 Å². The molecule has 1 saturated heterocycles. The largest absolute Gasteiger partial charge is 0.330 e. The van der Waals surface area contributed by atoms with Crippen LogP contribution in [0.25, 0.3) is 5.69 Å². The highest BCUT2D eigenvalue weighted by molar-refractivity contribution is 5.35. The first-order chi connectivity index (χ1) is 10.7. The molecule has 4 heteroatoms. The molecule has 0 unspecified atom stereocenters. The molecule has 1 aromatic heterocycles. The topological polar surface area (TPSA) is 47.1 Å². The van der Waals surface area contributed by atoms with Crippen molar-refractivity contribution in [1.29, 1.82) is 0 Å². The van der Waals surface area contributed by atoms with E-state index in [2.05, 4.69) is 54.3 Å². The summed E-state index contributed by atoms with van der Waals surface area (Å²) in [6.07, 6.45) is 5.34. The van der Waals surface area contributed by atoms with Gasteiger partial charge in [-0.3, -0.25) is 4.90 Å². The molecule has 2 aromatic rings. The van der Waals surface area contributed by atoms with E-state index in [9.17, 15) is 0 Å². The lowest BCUT2D eigenvalue weighted by Crippen LogP contribution is -2.22. The van der Waals surface area contributed by atoms with Crippen molar-refractivity contribution in [3.05, 3.63) is 47.8 Å². The van der Waals surface area contributed by atoms with Gasteiger partial charge in [-0.05, 0) is 49.0 Å². The van der Waals surface area contributed by atoms with Gasteiger partial charge in [-0.2, -0.15) is 5.10 Å². The number of nitrogens with two attached hydrogens (primary N) is 1. The molecule has 1 aliphatic heterocycles. The summed E-state index contributed by atoms with van der Waals surface area (Å²) in [6, 6.07) is 8.67. The summed E-state index contributed by atoms with van der Waals surface area (Å²) in [4.78, 5) is 2.47. The van der Waals surface area contributed by atoms with Crippen LogP contribution < -0.4 is 5.73 Å². The second kappa shape index (κ2) is 6.63. The Hall–Kier alpha value is -1.65. The molecule has 0 saturated carbocycles. The first kappa shape index (κ1) is 15.3. The Morgan fingerprint density at radius 2 is 2.05 bits per heavy atom. The van der Waals surface area contributed by atoms with Gasteiger partial charge in [0.1, 0.15) is 0 Å². The number of likely N-dealkylation sites (tertiary alicyclic amines) is 1. The van der Waals surface area contributed by atoms with Gasteiger partial charge in [0.2, 0.25) is 0 Å². The molecule has 0 radical (unpaired) electrons. The minimum absolute atomic E-state index is 0.563. The van der Waals surface area contributed by atoms with Crippen molar-refractivity contribution in [2.75, 3.05) is 19.6 Å². The Bertz CT molecular complexity index is 600. The van der Waals surface area contributed by atoms with E-state index in [1.165, 1.54) is 17.5 Å². The van der Waals surface area contributed by atoms with Crippen molar-refractivity contribution >= 4 is 0 Å². The Balaban J connectivity index is 1.66. The Morgan fingerprint density at radius 1 is 1.27 bits per heavy atom. The molecule has 0 spiro atoms. The monoisotopic (exact) mass is 298 g/mol. The highest BCUT2D eigenvalue weighted by Crippen LogP contribution is 2.19. The summed E-state index contributed by atoms with van der Waals surface area (Å²) < 4.78 is 1.97. The summed E-state index contributed by atoms with van der Waals surface area (Å²) in [6.45, 7) is 8.47. The van der Waals surface area contributed by atoms with Gasteiger partial charge in [-0.15, -0.1) is 0 Å². The van der Waals surface area contributed by atoms with Gasteiger partial charge in [0.05, 0.1) is 11.9 Å². The van der Waals surface area contributed by atoms with E-state index in [0.29, 0.717) is 11.8 Å². The SMILES string of the molecule is CC(C)c1ccc(-n2cc(CN3CC[C@H](CN)C3)cn2)cc1. The number of rotatable bonds is 5. The molecule has 4 nitrogen and oxygen atoms in total. The molecule has 0 amide bonds. The van der Waals surface area contributed by atoms with E-state index in [4.69, 9.17) is 5.73 Å². The van der Waals surface area contributed by atoms with E-state index in [1.54, 1.807) is 0 Å². The van der Waals surface area contributed by atoms with Crippen LogP contribution in [-0.2, 0) is 6.54 Å². The fraction of sp³-hybridized carbons (Fsp3) is 0.500. The number of benzene rings is 1. The maximum Gasteiger partial charge on any atom is 0.0645 e. The molecule has 118 valence electrons. The van der Waals surface area contributed by atoms with Gasteiger partial charge in [0.25, 0.3) is 0 Å². The summed E-state index contributed by atoms with van der Waals surface area (Å²) in [5, 5.41) is 4.51. The van der Waals surface area contributed by atoms with Gasteiger partial charge < -0.3 is 5.73 Å². The molecule has 0 aliphatic carbocycles. The molecular weight excluding hydrogens is 272 g/mol. The van der Waals surface area contributed by atoms with E-state index >= 15 is 0 Å². The molecule has 1 fully saturated rings. The summed E-state index contributed by atoms with van der Waals surface area (Å²) in [5.41, 5.74) is 9.51. The highest BCUT2D eigenvalue weighted by Gasteiger charge is 2.21. The van der Waals surface area contributed by atoms with Gasteiger partial charge in [-0.1, -0.05) is 26.0 Å². The minimum atomic E-state index is 0.563. The predicted molar refractivity (Wildman–Crippen MR) is 90.1 cm³/mol. The van der Waals surface area contributed by atoms with Gasteiger partial charge in [0, 0.05) is 24.8 Å². The van der Waals surface area contributed by atoms with Crippen molar-refractivity contribution in [3.8, 4) is 5.69 Å². The highest BCUT2D eigenvalue weighted by atomic mass is 15.3. The maximum atomic E-state index is 5.76. The van der Waals surface area contributed by atoms with Crippen molar-refractivity contribution in [3.63, 3.8) is 0 Å². The molecule has 1 atom stereocenters. The number of nitrogens with zero attached hydrogens (tertiary/aromatic N) is 3. The summed E-state index contributed by atoms with van der Waals surface area (Å²) >= 11 is 0. The van der Waals surface area contributed by atoms with Crippen LogP contribution in [-0.4, -0.2) is 34.3 Å². The lowest BCUT2D eigenvalue weighted by molar-refractivity contribution is 0.318. The van der Waals surface area contributed by atoms with Crippen molar-refractivity contribution in [2.24, 2.45) is 11.7 Å². The first-order valence-electron chi connectivity index (χ1n) is 8.22. The Morgan fingerprint density at radius 3 is 2.68 bits per heavy atom. The van der Waals surface area contributed by atoms with Gasteiger partial charge in [0.15, 0.2) is 0 Å². The Kier molecular flexibility index (Phi) is 4.60. The fourth-order valence-electron chi connectivity index (χ4n) is 3.10. The van der Waals surface area contributed by atoms with Crippen LogP contribution in [0, 0.1) is 5.92 Å². The molecule has 0 bridgehead atoms. The zero-order valence-electron chi connectivity index (χ0n) is 13.6. The standard InChI is InChI=1S/C18H26N4/c1-14(2)17-3-5-18(6-4-17)22-13-16(10-20-22)12-21-8-7-15(9-19)11-21/h3-6,10,13-15H,7-9,11-12,19H2,1-2H3/t15-/m1/s1. The summed E-state index contributed by atoms with van der Waals surface area (Å²) in [7, 11) is 0. The van der Waals surface area contributed by atoms with Gasteiger partial charge >= 0.3 is 0 Å². The molecule has 3 rings (SSSR count). The van der Waals surface area contributed by atoms with Crippen molar-refractivity contribution in [1.82, 2.24) is 14.7 Å². The van der Waals surface area contributed by atoms with Crippen molar-refractivity contribution < 1.29 is 0 Å². The second-order valence-corrected chi connectivity index (χ2v) is 6.66. The Labute approximate surface area is 132 Å². The normalized spacial score (nSPS) is 19.2. The zero-order valence-corrected chi connectivity index (χ0v) is 13.6. The zero-order chi connectivity index (χ0) is 15.5. The van der Waals surface area contributed by atoms with E-state index < -0.39 is 0 Å². The quantitative estimate of drug-likeness (QED) is 0.923. The molecular formula is C18H26N4. The molecule has 22 heavy (non-hydrogen) atoms. The lowest BCUT2D eigenvalue weighted by Gasteiger charge is -2.14. The summed E-state index contributed by atoms with van der Waals surface area (Å²) in [5.74, 6) is 1.23. The number of hydrogen-bond acceptors (Lipinski definition) is 3. The molecule has 2 heterocycles. The minimum Gasteiger partial charge on any atom is -0.330 e. The first-order valence-corrected chi connectivity index (χ1v) is 8.22. The molecule has 1 aromatic carbocycles. The van der Waals surface area contributed by atoms with E-state index in [-0.39, 0.29) is 0 Å². The number of aromatic nitrogens is 2. The van der Waals surface area contributed by atoms with Crippen molar-refractivity contribution in [2.45, 2.75) is 32.7 Å². The molecule has 1 aliphatic rings. The van der Waals surface area contributed by atoms with E-state index in [1.807, 2.05) is 10.9 Å². The third-order valence-corrected chi connectivity index (χ3v) is 4.57. The van der Waals surface area contributed by atoms with E-state index in [0.717, 1.165) is 31.9 Å². The smallest absolute Gasteiger partial charge is 0.0645 e. The lowest BCUT2D eigenvalue weighted by atomic mass is 10.0. The predicted octanol–water partition coefficient (Wildman–Crippen LogP) is 2.78. The van der Waals surface area contributed by atoms with Crippen LogP contribution in [0.3, 0.4) is 0 Å². The second-order valence-electron chi connectivity index (χ2n) is 6.66. The fourth-order valence-corrected chi connectivity index (χ4v) is 3.10. The molecule has 2 N–H and O–H groups in total. The van der Waals surface area contributed by atoms with Crippen LogP contribution in [0.2, 0.25) is 0 Å². The third kappa shape index (κ3) is 3.39. The average Bonchev–Trinajstić information content (AvgIpc) is 3.17. The van der Waals surface area contributed by atoms with Crippen LogP contribution in [0.4, 0.5) is 0 Å². The van der Waals surface area contributed by atoms with Crippen LogP contribution >= 0.6 is 0 Å². The maximum absolute atomic E-state index is 5.76. The van der Waals surface area contributed by atoms with Crippen LogP contribution in [0.1, 0.15) is 37.3 Å². The number of hydrogen-bond donors (Lipinski definition) is 1. The van der Waals surface area contributed by atoms with Gasteiger partial charge in [-0.25, -0.2) is 4.68 Å².